The van der Waals surface area contributed by atoms with Gasteiger partial charge in [-0.25, -0.2) is 4.99 Å². The second kappa shape index (κ2) is 13.1. The lowest BCUT2D eigenvalue weighted by molar-refractivity contribution is 0.0953. The zero-order valence-corrected chi connectivity index (χ0v) is 18.1. The third kappa shape index (κ3) is 8.90. The van der Waals surface area contributed by atoms with Gasteiger partial charge in [-0.1, -0.05) is 55.8 Å². The normalized spacial score (nSPS) is 10.8. The van der Waals surface area contributed by atoms with E-state index in [1.165, 1.54) is 5.56 Å². The first-order valence-corrected chi connectivity index (χ1v) is 9.14. The largest absolute Gasteiger partial charge is 0.370 e. The van der Waals surface area contributed by atoms with Crippen LogP contribution in [0.3, 0.4) is 0 Å². The Bertz CT molecular complexity index is 702. The number of guanidine groups is 1. The van der Waals surface area contributed by atoms with Crippen molar-refractivity contribution in [1.29, 1.82) is 0 Å². The highest BCUT2D eigenvalue weighted by molar-refractivity contribution is 14.0. The van der Waals surface area contributed by atoms with Crippen molar-refractivity contribution in [2.75, 3.05) is 13.1 Å². The summed E-state index contributed by atoms with van der Waals surface area (Å²) in [5.41, 5.74) is 8.86. The predicted octanol–water partition coefficient (Wildman–Crippen LogP) is 3.48. The lowest BCUT2D eigenvalue weighted by Crippen LogP contribution is -2.33. The number of rotatable bonds is 9. The Labute approximate surface area is 178 Å². The van der Waals surface area contributed by atoms with E-state index in [1.807, 2.05) is 42.5 Å². The smallest absolute Gasteiger partial charge is 0.251 e. The lowest BCUT2D eigenvalue weighted by Gasteiger charge is -2.07. The summed E-state index contributed by atoms with van der Waals surface area (Å²) in [5.74, 6) is 0.401. The van der Waals surface area contributed by atoms with Crippen LogP contribution < -0.4 is 16.4 Å². The van der Waals surface area contributed by atoms with Gasteiger partial charge in [-0.05, 0) is 36.1 Å². The minimum absolute atomic E-state index is 0. The molecule has 0 aromatic heterocycles. The number of nitrogens with two attached hydrogens (primary N) is 1. The fraction of sp³-hybridized carbons (Fsp3) is 0.333. The van der Waals surface area contributed by atoms with E-state index in [4.69, 9.17) is 5.73 Å². The number of carbonyl (C=O) groups is 1. The summed E-state index contributed by atoms with van der Waals surface area (Å²) in [6.45, 7) is 4.05. The zero-order valence-electron chi connectivity index (χ0n) is 15.8. The molecule has 6 heteroatoms. The van der Waals surface area contributed by atoms with Gasteiger partial charge in [-0.3, -0.25) is 4.79 Å². The quantitative estimate of drug-likeness (QED) is 0.223. The van der Waals surface area contributed by atoms with Crippen molar-refractivity contribution in [2.24, 2.45) is 10.7 Å². The molecule has 2 rings (SSSR count). The molecule has 0 saturated carbocycles. The number of carbonyl (C=O) groups excluding carboxylic acids is 1. The second-order valence-electron chi connectivity index (χ2n) is 6.17. The van der Waals surface area contributed by atoms with Crippen LogP contribution in [0.25, 0.3) is 0 Å². The Morgan fingerprint density at radius 1 is 0.963 bits per heavy atom. The highest BCUT2D eigenvalue weighted by Crippen LogP contribution is 2.06. The van der Waals surface area contributed by atoms with Crippen LogP contribution in [0.5, 0.6) is 0 Å². The second-order valence-corrected chi connectivity index (χ2v) is 6.17. The monoisotopic (exact) mass is 480 g/mol. The maximum Gasteiger partial charge on any atom is 0.251 e. The lowest BCUT2D eigenvalue weighted by atomic mass is 10.1. The van der Waals surface area contributed by atoms with E-state index in [0.717, 1.165) is 31.4 Å². The van der Waals surface area contributed by atoms with Crippen LogP contribution in [0.2, 0.25) is 0 Å². The van der Waals surface area contributed by atoms with Crippen LogP contribution in [-0.2, 0) is 13.0 Å². The Hall–Kier alpha value is -2.09. The van der Waals surface area contributed by atoms with Gasteiger partial charge in [-0.15, -0.1) is 24.0 Å². The van der Waals surface area contributed by atoms with Gasteiger partial charge in [0.25, 0.3) is 5.91 Å². The highest BCUT2D eigenvalue weighted by atomic mass is 127. The van der Waals surface area contributed by atoms with E-state index in [9.17, 15) is 4.79 Å². The molecular formula is C21H29IN4O. The zero-order chi connectivity index (χ0) is 18.6. The molecule has 4 N–H and O–H groups in total. The number of unbranched alkanes of at least 4 members (excludes halogenated alkanes) is 1. The van der Waals surface area contributed by atoms with Crippen molar-refractivity contribution in [3.8, 4) is 0 Å². The van der Waals surface area contributed by atoms with Crippen molar-refractivity contribution >= 4 is 35.8 Å². The molecule has 0 heterocycles. The molecule has 0 fully saturated rings. The molecule has 2 aromatic rings. The summed E-state index contributed by atoms with van der Waals surface area (Å²) in [6.07, 6.45) is 2.96. The van der Waals surface area contributed by atoms with Gasteiger partial charge in [0.1, 0.15) is 0 Å². The van der Waals surface area contributed by atoms with E-state index in [2.05, 4.69) is 34.7 Å². The first-order valence-electron chi connectivity index (χ1n) is 9.14. The molecule has 0 spiro atoms. The summed E-state index contributed by atoms with van der Waals surface area (Å²) in [4.78, 5) is 16.3. The SMILES string of the molecule is CCCCNC(=O)c1ccc(CN=C(N)NCCc2ccccc2)cc1.I. The van der Waals surface area contributed by atoms with Crippen LogP contribution in [-0.4, -0.2) is 25.0 Å². The number of amides is 1. The Morgan fingerprint density at radius 3 is 2.33 bits per heavy atom. The molecule has 1 amide bonds. The van der Waals surface area contributed by atoms with E-state index in [0.29, 0.717) is 24.6 Å². The third-order valence-corrected chi connectivity index (χ3v) is 4.03. The first kappa shape index (κ1) is 23.0. The summed E-state index contributed by atoms with van der Waals surface area (Å²) >= 11 is 0. The molecule has 0 aliphatic rings. The fourth-order valence-corrected chi connectivity index (χ4v) is 2.45. The van der Waals surface area contributed by atoms with E-state index < -0.39 is 0 Å². The van der Waals surface area contributed by atoms with Crippen molar-refractivity contribution < 1.29 is 4.79 Å². The van der Waals surface area contributed by atoms with Gasteiger partial charge in [0, 0.05) is 18.7 Å². The van der Waals surface area contributed by atoms with E-state index in [1.54, 1.807) is 0 Å². The molecule has 5 nitrogen and oxygen atoms in total. The maximum atomic E-state index is 12.0. The van der Waals surface area contributed by atoms with Crippen LogP contribution in [0.15, 0.2) is 59.6 Å². The molecular weight excluding hydrogens is 451 g/mol. The minimum atomic E-state index is -0.0319. The molecule has 0 aliphatic heterocycles. The summed E-state index contributed by atoms with van der Waals surface area (Å²) in [5, 5.41) is 6.03. The molecule has 146 valence electrons. The molecule has 2 aromatic carbocycles. The topological polar surface area (TPSA) is 79.5 Å². The molecule has 0 aliphatic carbocycles. The molecule has 27 heavy (non-hydrogen) atoms. The Kier molecular flexibility index (Phi) is 11.2. The molecule has 0 saturated heterocycles. The number of nitrogens with one attached hydrogen (secondary N) is 2. The molecule has 0 unspecified atom stereocenters. The molecule has 0 bridgehead atoms. The number of hydrogen-bond acceptors (Lipinski definition) is 2. The van der Waals surface area contributed by atoms with Crippen LogP contribution >= 0.6 is 24.0 Å². The molecule has 0 atom stereocenters. The maximum absolute atomic E-state index is 12.0. The van der Waals surface area contributed by atoms with Gasteiger partial charge in [-0.2, -0.15) is 0 Å². The average Bonchev–Trinajstić information content (AvgIpc) is 2.68. The Morgan fingerprint density at radius 2 is 1.67 bits per heavy atom. The van der Waals surface area contributed by atoms with Gasteiger partial charge < -0.3 is 16.4 Å². The Balaban J connectivity index is 0.00000364. The van der Waals surface area contributed by atoms with Crippen LogP contribution in [0.1, 0.15) is 41.3 Å². The van der Waals surface area contributed by atoms with E-state index >= 15 is 0 Å². The minimum Gasteiger partial charge on any atom is -0.370 e. The van der Waals surface area contributed by atoms with Gasteiger partial charge >= 0.3 is 0 Å². The number of benzene rings is 2. The summed E-state index contributed by atoms with van der Waals surface area (Å²) in [6, 6.07) is 17.7. The predicted molar refractivity (Wildman–Crippen MR) is 123 cm³/mol. The van der Waals surface area contributed by atoms with Crippen molar-refractivity contribution in [3.05, 3.63) is 71.3 Å². The number of nitrogens with zero attached hydrogens (tertiary/aromatic N) is 1. The summed E-state index contributed by atoms with van der Waals surface area (Å²) < 4.78 is 0. The van der Waals surface area contributed by atoms with Gasteiger partial charge in [0.2, 0.25) is 0 Å². The number of aliphatic imine (C=N–C) groups is 1. The van der Waals surface area contributed by atoms with Gasteiger partial charge in [0.05, 0.1) is 6.54 Å². The molecule has 0 radical (unpaired) electrons. The highest BCUT2D eigenvalue weighted by Gasteiger charge is 2.04. The fourth-order valence-electron chi connectivity index (χ4n) is 2.45. The standard InChI is InChI=1S/C21H28N4O.HI/c1-2-3-14-23-20(26)19-11-9-18(10-12-19)16-25-21(22)24-15-13-17-7-5-4-6-8-17;/h4-12H,2-3,13-16H2,1H3,(H,23,26)(H3,22,24,25);1H. The van der Waals surface area contributed by atoms with Crippen LogP contribution in [0.4, 0.5) is 0 Å². The summed E-state index contributed by atoms with van der Waals surface area (Å²) in [7, 11) is 0. The van der Waals surface area contributed by atoms with Crippen molar-refractivity contribution in [1.82, 2.24) is 10.6 Å². The van der Waals surface area contributed by atoms with Gasteiger partial charge in [0.15, 0.2) is 5.96 Å². The van der Waals surface area contributed by atoms with Crippen LogP contribution in [0, 0.1) is 0 Å². The average molecular weight is 480 g/mol. The third-order valence-electron chi connectivity index (χ3n) is 4.03. The van der Waals surface area contributed by atoms with Crippen molar-refractivity contribution in [3.63, 3.8) is 0 Å². The number of hydrogen-bond donors (Lipinski definition) is 3. The first-order chi connectivity index (χ1) is 12.7. The number of halogens is 1. The van der Waals surface area contributed by atoms with E-state index in [-0.39, 0.29) is 29.9 Å². The van der Waals surface area contributed by atoms with Crippen molar-refractivity contribution in [2.45, 2.75) is 32.7 Å².